The summed E-state index contributed by atoms with van der Waals surface area (Å²) in [4.78, 5) is 21.4. The fourth-order valence-corrected chi connectivity index (χ4v) is 2.79. The zero-order valence-electron chi connectivity index (χ0n) is 15.0. The number of fused-ring (bicyclic) bond motifs is 1. The van der Waals surface area contributed by atoms with Crippen LogP contribution < -0.4 is 10.6 Å². The molecule has 2 N–H and O–H groups in total. The molecule has 1 aromatic carbocycles. The van der Waals surface area contributed by atoms with Crippen molar-refractivity contribution in [3.63, 3.8) is 0 Å². The number of carbonyl (C=O) groups excluding carboxylic acids is 1. The van der Waals surface area contributed by atoms with Gasteiger partial charge in [0, 0.05) is 40.1 Å². The van der Waals surface area contributed by atoms with Crippen LogP contribution in [0.4, 0.5) is 5.95 Å². The fraction of sp³-hybridized carbons (Fsp3) is 0.316. The minimum atomic E-state index is -0.164. The third-order valence-corrected chi connectivity index (χ3v) is 4.10. The molecule has 0 bridgehead atoms. The summed E-state index contributed by atoms with van der Waals surface area (Å²) >= 11 is 0. The second-order valence-electron chi connectivity index (χ2n) is 5.92. The van der Waals surface area contributed by atoms with E-state index in [-0.39, 0.29) is 5.91 Å². The summed E-state index contributed by atoms with van der Waals surface area (Å²) in [5, 5.41) is 5.99. The molecule has 2 aromatic heterocycles. The standard InChI is InChI=1S/C19H23N5O2/c1-20-19-23-16-11-15(13-21-17(16)24(19)9-6-10-26-2)18(25)22-12-14-7-4-3-5-8-14/h3-5,7-8,11,13H,6,9-10,12H2,1-2H3,(H,20,23)(H,22,25). The van der Waals surface area contributed by atoms with Gasteiger partial charge in [0.2, 0.25) is 5.95 Å². The molecule has 0 saturated heterocycles. The van der Waals surface area contributed by atoms with Crippen molar-refractivity contribution in [3.05, 3.63) is 53.7 Å². The van der Waals surface area contributed by atoms with Crippen molar-refractivity contribution < 1.29 is 9.53 Å². The van der Waals surface area contributed by atoms with Crippen molar-refractivity contribution in [1.29, 1.82) is 0 Å². The molecule has 7 heteroatoms. The molecule has 0 aliphatic carbocycles. The maximum Gasteiger partial charge on any atom is 0.253 e. The number of anilines is 1. The quantitative estimate of drug-likeness (QED) is 0.608. The first-order valence-corrected chi connectivity index (χ1v) is 8.58. The molecule has 0 atom stereocenters. The van der Waals surface area contributed by atoms with E-state index in [1.165, 1.54) is 0 Å². The lowest BCUT2D eigenvalue weighted by atomic mass is 10.2. The second kappa shape index (κ2) is 8.44. The highest BCUT2D eigenvalue weighted by Crippen LogP contribution is 2.19. The van der Waals surface area contributed by atoms with E-state index in [2.05, 4.69) is 20.6 Å². The van der Waals surface area contributed by atoms with Crippen LogP contribution in [-0.4, -0.2) is 41.2 Å². The molecule has 0 aliphatic rings. The van der Waals surface area contributed by atoms with Crippen LogP contribution in [0.25, 0.3) is 11.2 Å². The number of nitrogens with zero attached hydrogens (tertiary/aromatic N) is 3. The van der Waals surface area contributed by atoms with Gasteiger partial charge < -0.3 is 15.4 Å². The Bertz CT molecular complexity index is 876. The number of benzene rings is 1. The third-order valence-electron chi connectivity index (χ3n) is 4.10. The van der Waals surface area contributed by atoms with Crippen LogP contribution in [-0.2, 0) is 17.8 Å². The summed E-state index contributed by atoms with van der Waals surface area (Å²) in [6.45, 7) is 1.89. The normalized spacial score (nSPS) is 10.8. The van der Waals surface area contributed by atoms with Gasteiger partial charge in [0.05, 0.1) is 5.56 Å². The van der Waals surface area contributed by atoms with Gasteiger partial charge in [-0.15, -0.1) is 0 Å². The monoisotopic (exact) mass is 353 g/mol. The number of methoxy groups -OCH3 is 1. The minimum absolute atomic E-state index is 0.164. The SMILES string of the molecule is CNc1nc2cc(C(=O)NCc3ccccc3)cnc2n1CCCOC. The smallest absolute Gasteiger partial charge is 0.253 e. The van der Waals surface area contributed by atoms with Crippen LogP contribution in [0, 0.1) is 0 Å². The van der Waals surface area contributed by atoms with Crippen LogP contribution >= 0.6 is 0 Å². The molecule has 3 rings (SSSR count). The van der Waals surface area contributed by atoms with Gasteiger partial charge in [0.15, 0.2) is 5.65 Å². The Morgan fingerprint density at radius 3 is 2.81 bits per heavy atom. The summed E-state index contributed by atoms with van der Waals surface area (Å²) in [6.07, 6.45) is 2.45. The summed E-state index contributed by atoms with van der Waals surface area (Å²) < 4.78 is 7.11. The lowest BCUT2D eigenvalue weighted by Crippen LogP contribution is -2.22. The number of ether oxygens (including phenoxy) is 1. The van der Waals surface area contributed by atoms with Gasteiger partial charge in [0.1, 0.15) is 5.52 Å². The summed E-state index contributed by atoms with van der Waals surface area (Å²) in [5.41, 5.74) is 3.00. The van der Waals surface area contributed by atoms with E-state index in [1.807, 2.05) is 41.9 Å². The van der Waals surface area contributed by atoms with E-state index in [4.69, 9.17) is 4.74 Å². The molecule has 0 fully saturated rings. The number of hydrogen-bond donors (Lipinski definition) is 2. The number of aryl methyl sites for hydroxylation is 1. The van der Waals surface area contributed by atoms with E-state index in [0.717, 1.165) is 30.1 Å². The average Bonchev–Trinajstić information content (AvgIpc) is 3.04. The first-order valence-electron chi connectivity index (χ1n) is 8.58. The second-order valence-corrected chi connectivity index (χ2v) is 5.92. The van der Waals surface area contributed by atoms with Crippen molar-refractivity contribution in [2.75, 3.05) is 26.1 Å². The van der Waals surface area contributed by atoms with Crippen molar-refractivity contribution in [1.82, 2.24) is 19.9 Å². The van der Waals surface area contributed by atoms with Gasteiger partial charge in [-0.2, -0.15) is 0 Å². The minimum Gasteiger partial charge on any atom is -0.385 e. The van der Waals surface area contributed by atoms with Crippen LogP contribution in [0.3, 0.4) is 0 Å². The van der Waals surface area contributed by atoms with Gasteiger partial charge in [-0.25, -0.2) is 9.97 Å². The lowest BCUT2D eigenvalue weighted by Gasteiger charge is -2.08. The van der Waals surface area contributed by atoms with Crippen molar-refractivity contribution in [2.24, 2.45) is 0 Å². The average molecular weight is 353 g/mol. The number of amides is 1. The van der Waals surface area contributed by atoms with Gasteiger partial charge in [-0.3, -0.25) is 9.36 Å². The van der Waals surface area contributed by atoms with Crippen LogP contribution in [0.15, 0.2) is 42.6 Å². The van der Waals surface area contributed by atoms with Gasteiger partial charge in [-0.1, -0.05) is 30.3 Å². The maximum atomic E-state index is 12.4. The van der Waals surface area contributed by atoms with Gasteiger partial charge in [-0.05, 0) is 18.1 Å². The number of aromatic nitrogens is 3. The Morgan fingerprint density at radius 2 is 2.08 bits per heavy atom. The number of nitrogens with one attached hydrogen (secondary N) is 2. The van der Waals surface area contributed by atoms with Crippen LogP contribution in [0.5, 0.6) is 0 Å². The Morgan fingerprint density at radius 1 is 1.27 bits per heavy atom. The molecule has 0 spiro atoms. The maximum absolute atomic E-state index is 12.4. The largest absolute Gasteiger partial charge is 0.385 e. The van der Waals surface area contributed by atoms with Crippen molar-refractivity contribution in [3.8, 4) is 0 Å². The van der Waals surface area contributed by atoms with Crippen LogP contribution in [0.1, 0.15) is 22.3 Å². The molecule has 1 amide bonds. The molecular weight excluding hydrogens is 330 g/mol. The first kappa shape index (κ1) is 17.9. The Kier molecular flexibility index (Phi) is 5.80. The number of rotatable bonds is 8. The third kappa shape index (κ3) is 4.00. The lowest BCUT2D eigenvalue weighted by molar-refractivity contribution is 0.0950. The molecule has 0 saturated carbocycles. The van der Waals surface area contributed by atoms with E-state index in [9.17, 15) is 4.79 Å². The van der Waals surface area contributed by atoms with E-state index in [0.29, 0.717) is 24.2 Å². The molecular formula is C19H23N5O2. The van der Waals surface area contributed by atoms with Crippen LogP contribution in [0.2, 0.25) is 0 Å². The summed E-state index contributed by atoms with van der Waals surface area (Å²) in [7, 11) is 3.51. The zero-order chi connectivity index (χ0) is 18.4. The summed E-state index contributed by atoms with van der Waals surface area (Å²) in [6, 6.07) is 11.6. The molecule has 0 unspecified atom stereocenters. The van der Waals surface area contributed by atoms with E-state index >= 15 is 0 Å². The molecule has 0 aliphatic heterocycles. The van der Waals surface area contributed by atoms with Gasteiger partial charge >= 0.3 is 0 Å². The van der Waals surface area contributed by atoms with Gasteiger partial charge in [0.25, 0.3) is 5.91 Å². The molecule has 26 heavy (non-hydrogen) atoms. The van der Waals surface area contributed by atoms with E-state index < -0.39 is 0 Å². The molecule has 2 heterocycles. The Balaban J connectivity index is 1.77. The molecule has 7 nitrogen and oxygen atoms in total. The topological polar surface area (TPSA) is 81.1 Å². The predicted molar refractivity (Wildman–Crippen MR) is 101 cm³/mol. The number of pyridine rings is 1. The highest BCUT2D eigenvalue weighted by atomic mass is 16.5. The Labute approximate surface area is 152 Å². The first-order chi connectivity index (χ1) is 12.7. The van der Waals surface area contributed by atoms with Crippen molar-refractivity contribution >= 4 is 23.0 Å². The fourth-order valence-electron chi connectivity index (χ4n) is 2.79. The summed E-state index contributed by atoms with van der Waals surface area (Å²) in [5.74, 6) is 0.564. The highest BCUT2D eigenvalue weighted by Gasteiger charge is 2.14. The Hall–Kier alpha value is -2.93. The molecule has 136 valence electrons. The number of imidazole rings is 1. The van der Waals surface area contributed by atoms with Crippen molar-refractivity contribution in [2.45, 2.75) is 19.5 Å². The molecule has 0 radical (unpaired) electrons. The predicted octanol–water partition coefficient (Wildman–Crippen LogP) is 2.44. The molecule has 3 aromatic rings. The highest BCUT2D eigenvalue weighted by molar-refractivity contribution is 5.96. The zero-order valence-corrected chi connectivity index (χ0v) is 15.0. The number of carbonyl (C=O) groups is 1. The van der Waals surface area contributed by atoms with E-state index in [1.54, 1.807) is 19.4 Å². The number of hydrogen-bond acceptors (Lipinski definition) is 5.